The molecule has 0 spiro atoms. The van der Waals surface area contributed by atoms with E-state index < -0.39 is 0 Å². The molecule has 2 rings (SSSR count). The zero-order chi connectivity index (χ0) is 14.5. The van der Waals surface area contributed by atoms with Gasteiger partial charge >= 0.3 is 0 Å². The summed E-state index contributed by atoms with van der Waals surface area (Å²) < 4.78 is 14.5. The molecular weight excluding hydrogens is 337 g/mol. The SMILES string of the molecule is CCC(N)Cc1cc(F)ccc1Sc1cccc(Br)c1. The molecule has 0 aliphatic heterocycles. The predicted molar refractivity (Wildman–Crippen MR) is 86.6 cm³/mol. The number of rotatable bonds is 5. The molecule has 0 saturated carbocycles. The van der Waals surface area contributed by atoms with Crippen LogP contribution in [0.5, 0.6) is 0 Å². The summed E-state index contributed by atoms with van der Waals surface area (Å²) in [4.78, 5) is 2.19. The minimum atomic E-state index is -0.207. The Labute approximate surface area is 131 Å². The molecule has 106 valence electrons. The fraction of sp³-hybridized carbons (Fsp3) is 0.250. The Morgan fingerprint density at radius 3 is 2.75 bits per heavy atom. The van der Waals surface area contributed by atoms with Crippen LogP contribution in [0.3, 0.4) is 0 Å². The van der Waals surface area contributed by atoms with Gasteiger partial charge in [-0.2, -0.15) is 0 Å². The van der Waals surface area contributed by atoms with Crippen LogP contribution in [0.25, 0.3) is 0 Å². The average Bonchev–Trinajstić information content (AvgIpc) is 2.42. The van der Waals surface area contributed by atoms with Gasteiger partial charge in [-0.1, -0.05) is 40.7 Å². The lowest BCUT2D eigenvalue weighted by Crippen LogP contribution is -2.21. The van der Waals surface area contributed by atoms with E-state index in [1.54, 1.807) is 17.8 Å². The van der Waals surface area contributed by atoms with Crippen molar-refractivity contribution in [1.82, 2.24) is 0 Å². The third-order valence-corrected chi connectivity index (χ3v) is 4.65. The number of nitrogens with two attached hydrogens (primary N) is 1. The zero-order valence-electron chi connectivity index (χ0n) is 11.3. The van der Waals surface area contributed by atoms with Crippen molar-refractivity contribution >= 4 is 27.7 Å². The predicted octanol–water partition coefficient (Wildman–Crippen LogP) is 5.02. The number of hydrogen-bond donors (Lipinski definition) is 1. The normalized spacial score (nSPS) is 12.4. The van der Waals surface area contributed by atoms with Crippen molar-refractivity contribution in [2.45, 2.75) is 35.6 Å². The molecule has 0 heterocycles. The molecule has 0 bridgehead atoms. The first-order chi connectivity index (χ1) is 9.58. The van der Waals surface area contributed by atoms with Gasteiger partial charge in [0.15, 0.2) is 0 Å². The lowest BCUT2D eigenvalue weighted by atomic mass is 10.0. The molecule has 0 aromatic heterocycles. The molecule has 2 aromatic carbocycles. The van der Waals surface area contributed by atoms with E-state index in [2.05, 4.69) is 22.0 Å². The Morgan fingerprint density at radius 2 is 2.05 bits per heavy atom. The zero-order valence-corrected chi connectivity index (χ0v) is 13.7. The van der Waals surface area contributed by atoms with Gasteiger partial charge < -0.3 is 5.73 Å². The summed E-state index contributed by atoms with van der Waals surface area (Å²) in [5.41, 5.74) is 6.98. The van der Waals surface area contributed by atoms with E-state index >= 15 is 0 Å². The Bertz CT molecular complexity index is 588. The van der Waals surface area contributed by atoms with E-state index in [0.29, 0.717) is 6.42 Å². The lowest BCUT2D eigenvalue weighted by Gasteiger charge is -2.13. The van der Waals surface area contributed by atoms with Gasteiger partial charge in [0.05, 0.1) is 0 Å². The van der Waals surface area contributed by atoms with Gasteiger partial charge in [0, 0.05) is 20.3 Å². The van der Waals surface area contributed by atoms with Gasteiger partial charge in [-0.15, -0.1) is 0 Å². The van der Waals surface area contributed by atoms with Gasteiger partial charge in [0.2, 0.25) is 0 Å². The van der Waals surface area contributed by atoms with Crippen LogP contribution < -0.4 is 5.73 Å². The van der Waals surface area contributed by atoms with Gasteiger partial charge in [-0.25, -0.2) is 4.39 Å². The number of hydrogen-bond acceptors (Lipinski definition) is 2. The Kier molecular flexibility index (Phi) is 5.64. The van der Waals surface area contributed by atoms with E-state index in [1.165, 1.54) is 6.07 Å². The molecule has 1 nitrogen and oxygen atoms in total. The van der Waals surface area contributed by atoms with Crippen molar-refractivity contribution in [3.63, 3.8) is 0 Å². The van der Waals surface area contributed by atoms with Crippen LogP contribution in [-0.4, -0.2) is 6.04 Å². The smallest absolute Gasteiger partial charge is 0.123 e. The maximum atomic E-state index is 13.4. The molecule has 0 fully saturated rings. The minimum absolute atomic E-state index is 0.0682. The molecular formula is C16H17BrFNS. The van der Waals surface area contributed by atoms with Crippen molar-refractivity contribution in [2.24, 2.45) is 5.73 Å². The number of benzene rings is 2. The van der Waals surface area contributed by atoms with Crippen molar-refractivity contribution in [3.8, 4) is 0 Å². The maximum Gasteiger partial charge on any atom is 0.123 e. The summed E-state index contributed by atoms with van der Waals surface area (Å²) in [6.07, 6.45) is 1.59. The Hall–Kier alpha value is -0.840. The number of halogens is 2. The van der Waals surface area contributed by atoms with Crippen LogP contribution in [0, 0.1) is 5.82 Å². The highest BCUT2D eigenvalue weighted by atomic mass is 79.9. The van der Waals surface area contributed by atoms with E-state index in [1.807, 2.05) is 31.2 Å². The third kappa shape index (κ3) is 4.33. The molecule has 0 saturated heterocycles. The molecule has 0 aliphatic rings. The maximum absolute atomic E-state index is 13.4. The van der Waals surface area contributed by atoms with Crippen LogP contribution in [0.1, 0.15) is 18.9 Å². The first-order valence-corrected chi connectivity index (χ1v) is 8.17. The molecule has 0 radical (unpaired) electrons. The van der Waals surface area contributed by atoms with Crippen molar-refractivity contribution in [3.05, 3.63) is 58.3 Å². The van der Waals surface area contributed by atoms with E-state index in [4.69, 9.17) is 5.73 Å². The highest BCUT2D eigenvalue weighted by molar-refractivity contribution is 9.10. The lowest BCUT2D eigenvalue weighted by molar-refractivity contribution is 0.610. The molecule has 1 atom stereocenters. The molecule has 2 aromatic rings. The van der Waals surface area contributed by atoms with E-state index in [-0.39, 0.29) is 11.9 Å². The third-order valence-electron chi connectivity index (χ3n) is 3.05. The van der Waals surface area contributed by atoms with Crippen molar-refractivity contribution in [2.75, 3.05) is 0 Å². The Balaban J connectivity index is 2.26. The van der Waals surface area contributed by atoms with Crippen LogP contribution in [0.2, 0.25) is 0 Å². The minimum Gasteiger partial charge on any atom is -0.327 e. The monoisotopic (exact) mass is 353 g/mol. The highest BCUT2D eigenvalue weighted by Gasteiger charge is 2.10. The highest BCUT2D eigenvalue weighted by Crippen LogP contribution is 2.32. The summed E-state index contributed by atoms with van der Waals surface area (Å²) in [5, 5.41) is 0. The van der Waals surface area contributed by atoms with Crippen molar-refractivity contribution < 1.29 is 4.39 Å². The standard InChI is InChI=1S/C16H17BrFNS/c1-2-14(19)9-11-8-13(18)6-7-16(11)20-15-5-3-4-12(17)10-15/h3-8,10,14H,2,9,19H2,1H3. The fourth-order valence-electron chi connectivity index (χ4n) is 1.89. The van der Waals surface area contributed by atoms with Gasteiger partial charge in [-0.3, -0.25) is 0 Å². The van der Waals surface area contributed by atoms with Crippen LogP contribution in [-0.2, 0) is 6.42 Å². The van der Waals surface area contributed by atoms with E-state index in [0.717, 1.165) is 26.2 Å². The van der Waals surface area contributed by atoms with Crippen LogP contribution >= 0.6 is 27.7 Å². The van der Waals surface area contributed by atoms with E-state index in [9.17, 15) is 4.39 Å². The van der Waals surface area contributed by atoms with Gasteiger partial charge in [0.1, 0.15) is 5.82 Å². The second-order valence-corrected chi connectivity index (χ2v) is 6.71. The molecule has 0 amide bonds. The summed E-state index contributed by atoms with van der Waals surface area (Å²) in [6.45, 7) is 2.05. The summed E-state index contributed by atoms with van der Waals surface area (Å²) in [7, 11) is 0. The first kappa shape index (κ1) is 15.5. The summed E-state index contributed by atoms with van der Waals surface area (Å²) >= 11 is 5.10. The average molecular weight is 354 g/mol. The van der Waals surface area contributed by atoms with Crippen LogP contribution in [0.4, 0.5) is 4.39 Å². The molecule has 2 N–H and O–H groups in total. The van der Waals surface area contributed by atoms with Gasteiger partial charge in [0.25, 0.3) is 0 Å². The second-order valence-electron chi connectivity index (χ2n) is 4.68. The summed E-state index contributed by atoms with van der Waals surface area (Å²) in [6, 6.07) is 13.1. The van der Waals surface area contributed by atoms with Crippen molar-refractivity contribution in [1.29, 1.82) is 0 Å². The molecule has 1 unspecified atom stereocenters. The first-order valence-electron chi connectivity index (χ1n) is 6.56. The second kappa shape index (κ2) is 7.25. The molecule has 20 heavy (non-hydrogen) atoms. The molecule has 4 heteroatoms. The molecule has 0 aliphatic carbocycles. The fourth-order valence-corrected chi connectivity index (χ4v) is 3.44. The van der Waals surface area contributed by atoms with Gasteiger partial charge in [-0.05, 0) is 54.8 Å². The largest absolute Gasteiger partial charge is 0.327 e. The summed E-state index contributed by atoms with van der Waals surface area (Å²) in [5.74, 6) is -0.207. The quantitative estimate of drug-likeness (QED) is 0.816. The topological polar surface area (TPSA) is 26.0 Å². The van der Waals surface area contributed by atoms with Crippen LogP contribution in [0.15, 0.2) is 56.7 Å². The Morgan fingerprint density at radius 1 is 1.25 bits per heavy atom.